The monoisotopic (exact) mass is 234 g/mol. The summed E-state index contributed by atoms with van der Waals surface area (Å²) in [5.41, 5.74) is 2.50. The zero-order valence-electron chi connectivity index (χ0n) is 9.07. The zero-order chi connectivity index (χ0) is 11.7. The highest BCUT2D eigenvalue weighted by molar-refractivity contribution is 6.34. The minimum Gasteiger partial charge on any atom is -0.294 e. The maximum absolute atomic E-state index is 11.2. The Morgan fingerprint density at radius 1 is 1.38 bits per heavy atom. The average Bonchev–Trinajstić information content (AvgIpc) is 2.64. The molecule has 2 aromatic rings. The first kappa shape index (κ1) is 10.9. The van der Waals surface area contributed by atoms with Crippen LogP contribution in [-0.4, -0.2) is 15.6 Å². The minimum absolute atomic E-state index is 0.0252. The quantitative estimate of drug-likeness (QED) is 0.749. The summed E-state index contributed by atoms with van der Waals surface area (Å²) in [7, 11) is 1.86. The molecule has 1 aromatic heterocycles. The summed E-state index contributed by atoms with van der Waals surface area (Å²) in [4.78, 5) is 11.2. The summed E-state index contributed by atoms with van der Waals surface area (Å²) in [6, 6.07) is 5.40. The summed E-state index contributed by atoms with van der Waals surface area (Å²) in [6.07, 6.45) is 3.66. The van der Waals surface area contributed by atoms with Crippen LogP contribution in [0.4, 0.5) is 0 Å². The summed E-state index contributed by atoms with van der Waals surface area (Å²) in [5.74, 6) is -0.0252. The van der Waals surface area contributed by atoms with Crippen LogP contribution in [0.25, 0.3) is 11.1 Å². The highest BCUT2D eigenvalue weighted by Crippen LogP contribution is 2.25. The second kappa shape index (κ2) is 4.10. The number of hydrogen-bond acceptors (Lipinski definition) is 2. The SMILES string of the molecule is CC(=O)c1ccc(-c2cnn(C)c2)cc1Cl. The average molecular weight is 235 g/mol. The van der Waals surface area contributed by atoms with Gasteiger partial charge in [0.15, 0.2) is 5.78 Å². The zero-order valence-corrected chi connectivity index (χ0v) is 9.82. The second-order valence-corrected chi connectivity index (χ2v) is 4.06. The van der Waals surface area contributed by atoms with Crippen molar-refractivity contribution < 1.29 is 4.79 Å². The molecule has 0 spiro atoms. The molecule has 0 bridgehead atoms. The number of Topliss-reactive ketones (excluding diaryl/α,β-unsaturated/α-hetero) is 1. The number of ketones is 1. The Balaban J connectivity index is 2.45. The molecule has 0 fully saturated rings. The molecule has 2 rings (SSSR count). The van der Waals surface area contributed by atoms with E-state index in [1.54, 1.807) is 23.0 Å². The van der Waals surface area contributed by atoms with Gasteiger partial charge in [0.05, 0.1) is 11.2 Å². The first-order valence-electron chi connectivity index (χ1n) is 4.87. The van der Waals surface area contributed by atoms with Crippen molar-refractivity contribution in [2.24, 2.45) is 7.05 Å². The summed E-state index contributed by atoms with van der Waals surface area (Å²) < 4.78 is 1.72. The van der Waals surface area contributed by atoms with Gasteiger partial charge in [-0.15, -0.1) is 0 Å². The molecule has 0 saturated heterocycles. The standard InChI is InChI=1S/C12H11ClN2O/c1-8(16)11-4-3-9(5-12(11)13)10-6-14-15(2)7-10/h3-7H,1-2H3. The van der Waals surface area contributed by atoms with Crippen molar-refractivity contribution in [2.75, 3.05) is 0 Å². The molecule has 82 valence electrons. The molecule has 3 nitrogen and oxygen atoms in total. The number of aromatic nitrogens is 2. The Labute approximate surface area is 98.7 Å². The topological polar surface area (TPSA) is 34.9 Å². The van der Waals surface area contributed by atoms with Crippen molar-refractivity contribution in [3.05, 3.63) is 41.2 Å². The lowest BCUT2D eigenvalue weighted by Crippen LogP contribution is -1.93. The number of aryl methyl sites for hydroxylation is 1. The molecule has 0 saturated carbocycles. The van der Waals surface area contributed by atoms with Crippen molar-refractivity contribution in [3.8, 4) is 11.1 Å². The summed E-state index contributed by atoms with van der Waals surface area (Å²) in [6.45, 7) is 1.50. The number of carbonyl (C=O) groups excluding carboxylic acids is 1. The fraction of sp³-hybridized carbons (Fsp3) is 0.167. The maximum atomic E-state index is 11.2. The predicted molar refractivity (Wildman–Crippen MR) is 63.7 cm³/mol. The smallest absolute Gasteiger partial charge is 0.161 e. The van der Waals surface area contributed by atoms with Gasteiger partial charge in [-0.2, -0.15) is 5.10 Å². The van der Waals surface area contributed by atoms with Crippen LogP contribution in [0.3, 0.4) is 0 Å². The van der Waals surface area contributed by atoms with Gasteiger partial charge in [0.2, 0.25) is 0 Å². The third-order valence-electron chi connectivity index (χ3n) is 2.39. The predicted octanol–water partition coefficient (Wildman–Crippen LogP) is 2.94. The van der Waals surface area contributed by atoms with Gasteiger partial charge in [-0.25, -0.2) is 0 Å². The molecule has 1 aromatic carbocycles. The number of hydrogen-bond donors (Lipinski definition) is 0. The van der Waals surface area contributed by atoms with E-state index in [-0.39, 0.29) is 5.78 Å². The molecule has 0 aliphatic carbocycles. The van der Waals surface area contributed by atoms with Gasteiger partial charge < -0.3 is 0 Å². The Kier molecular flexibility index (Phi) is 2.79. The number of halogens is 1. The normalized spacial score (nSPS) is 10.4. The van der Waals surface area contributed by atoms with E-state index < -0.39 is 0 Å². The van der Waals surface area contributed by atoms with E-state index in [1.165, 1.54) is 6.92 Å². The molecule has 0 unspecified atom stereocenters. The fourth-order valence-corrected chi connectivity index (χ4v) is 1.86. The number of rotatable bonds is 2. The van der Waals surface area contributed by atoms with Crippen LogP contribution in [0.15, 0.2) is 30.6 Å². The van der Waals surface area contributed by atoms with Gasteiger partial charge in [-0.1, -0.05) is 17.7 Å². The van der Waals surface area contributed by atoms with Crippen molar-refractivity contribution >= 4 is 17.4 Å². The Morgan fingerprint density at radius 2 is 2.12 bits per heavy atom. The van der Waals surface area contributed by atoms with Crippen LogP contribution in [0.2, 0.25) is 5.02 Å². The van der Waals surface area contributed by atoms with Crippen LogP contribution in [-0.2, 0) is 7.05 Å². The molecule has 0 amide bonds. The third kappa shape index (κ3) is 1.99. The molecule has 0 atom stereocenters. The third-order valence-corrected chi connectivity index (χ3v) is 2.70. The highest BCUT2D eigenvalue weighted by atomic mass is 35.5. The largest absolute Gasteiger partial charge is 0.294 e. The van der Waals surface area contributed by atoms with Crippen molar-refractivity contribution in [3.63, 3.8) is 0 Å². The first-order valence-corrected chi connectivity index (χ1v) is 5.25. The van der Waals surface area contributed by atoms with Gasteiger partial charge in [0.25, 0.3) is 0 Å². The van der Waals surface area contributed by atoms with E-state index >= 15 is 0 Å². The van der Waals surface area contributed by atoms with Crippen LogP contribution >= 0.6 is 11.6 Å². The number of nitrogens with zero attached hydrogens (tertiary/aromatic N) is 2. The van der Waals surface area contributed by atoms with Crippen LogP contribution in [0.1, 0.15) is 17.3 Å². The highest BCUT2D eigenvalue weighted by Gasteiger charge is 2.07. The van der Waals surface area contributed by atoms with Crippen LogP contribution in [0.5, 0.6) is 0 Å². The lowest BCUT2D eigenvalue weighted by atomic mass is 10.1. The minimum atomic E-state index is -0.0252. The molecule has 0 aliphatic rings. The fourth-order valence-electron chi connectivity index (χ4n) is 1.55. The van der Waals surface area contributed by atoms with Crippen molar-refractivity contribution in [1.82, 2.24) is 9.78 Å². The van der Waals surface area contributed by atoms with E-state index in [9.17, 15) is 4.79 Å². The van der Waals surface area contributed by atoms with Gasteiger partial charge >= 0.3 is 0 Å². The van der Waals surface area contributed by atoms with E-state index in [2.05, 4.69) is 5.10 Å². The van der Waals surface area contributed by atoms with Crippen molar-refractivity contribution in [1.29, 1.82) is 0 Å². The molecular formula is C12H11ClN2O. The summed E-state index contributed by atoms with van der Waals surface area (Å²) >= 11 is 6.03. The lowest BCUT2D eigenvalue weighted by molar-refractivity contribution is 0.101. The second-order valence-electron chi connectivity index (χ2n) is 3.65. The van der Waals surface area contributed by atoms with Crippen LogP contribution in [0, 0.1) is 0 Å². The van der Waals surface area contributed by atoms with E-state index in [1.807, 2.05) is 19.3 Å². The van der Waals surface area contributed by atoms with Gasteiger partial charge in [-0.05, 0) is 24.6 Å². The number of carbonyl (C=O) groups is 1. The first-order chi connectivity index (χ1) is 7.58. The van der Waals surface area contributed by atoms with Gasteiger partial charge in [0, 0.05) is 24.4 Å². The molecule has 1 heterocycles. The van der Waals surface area contributed by atoms with Gasteiger partial charge in [-0.3, -0.25) is 9.48 Å². The number of benzene rings is 1. The lowest BCUT2D eigenvalue weighted by Gasteiger charge is -2.02. The van der Waals surface area contributed by atoms with E-state index in [4.69, 9.17) is 11.6 Å². The Morgan fingerprint density at radius 3 is 2.62 bits per heavy atom. The van der Waals surface area contributed by atoms with E-state index in [0.717, 1.165) is 11.1 Å². The summed E-state index contributed by atoms with van der Waals surface area (Å²) in [5, 5.41) is 4.57. The molecule has 0 radical (unpaired) electrons. The molecule has 0 aliphatic heterocycles. The Bertz CT molecular complexity index is 546. The van der Waals surface area contributed by atoms with Crippen molar-refractivity contribution in [2.45, 2.75) is 6.92 Å². The van der Waals surface area contributed by atoms with E-state index in [0.29, 0.717) is 10.6 Å². The maximum Gasteiger partial charge on any atom is 0.161 e. The van der Waals surface area contributed by atoms with Crippen LogP contribution < -0.4 is 0 Å². The Hall–Kier alpha value is -1.61. The molecule has 4 heteroatoms. The molecule has 16 heavy (non-hydrogen) atoms. The van der Waals surface area contributed by atoms with Gasteiger partial charge in [0.1, 0.15) is 0 Å². The molecular weight excluding hydrogens is 224 g/mol. The molecule has 0 N–H and O–H groups in total.